The second-order valence-electron chi connectivity index (χ2n) is 14.2. The van der Waals surface area contributed by atoms with Crippen molar-refractivity contribution in [2.45, 2.75) is 89.5 Å². The van der Waals surface area contributed by atoms with Crippen LogP contribution in [0, 0.1) is 107 Å². The summed E-state index contributed by atoms with van der Waals surface area (Å²) in [5, 5.41) is 0. The quantitative estimate of drug-likeness (QED) is 0.412. The molecule has 16 unspecified atom stereocenters. The van der Waals surface area contributed by atoms with E-state index in [-0.39, 0.29) is 0 Å². The van der Waals surface area contributed by atoms with Crippen LogP contribution in [0.5, 0.6) is 0 Å². The Labute approximate surface area is 196 Å². The summed E-state index contributed by atoms with van der Waals surface area (Å²) in [5.74, 6) is 16.6. The van der Waals surface area contributed by atoms with E-state index in [0.29, 0.717) is 0 Å². The van der Waals surface area contributed by atoms with Crippen LogP contribution >= 0.6 is 0 Å². The Morgan fingerprint density at radius 2 is 0.452 bits per heavy atom. The molecule has 4 saturated carbocycles. The van der Waals surface area contributed by atoms with Gasteiger partial charge < -0.3 is 0 Å². The molecule has 0 saturated heterocycles. The molecule has 0 aliphatic heterocycles. The van der Waals surface area contributed by atoms with Gasteiger partial charge in [-0.2, -0.15) is 0 Å². The largest absolute Gasteiger partial charge is 0.0620 e. The maximum Gasteiger partial charge on any atom is -0.0324 e. The third-order valence-corrected chi connectivity index (χ3v) is 14.0. The Kier molecular flexibility index (Phi) is 6.49. The van der Waals surface area contributed by atoms with Gasteiger partial charge >= 0.3 is 0 Å². The highest BCUT2D eigenvalue weighted by Crippen LogP contribution is 2.64. The van der Waals surface area contributed by atoms with Crippen LogP contribution in [-0.4, -0.2) is 0 Å². The zero-order valence-corrected chi connectivity index (χ0v) is 23.1. The summed E-state index contributed by atoms with van der Waals surface area (Å²) in [6.07, 6.45) is 1.52. The molecule has 0 nitrogen and oxygen atoms in total. The molecule has 0 N–H and O–H groups in total. The van der Waals surface area contributed by atoms with E-state index in [1.54, 1.807) is 0 Å². The standard InChI is InChI=1S/C31H56/c1-14-15(2)19(6)29-23(10)26(22(9)28(29)18(14)5)13-27-24(11)30-20(7)16(3)17(4)21(8)31(30)25(27)12/h14-31H,13H2,1-12H3/t14?,15?,16?,17?,18?,19?,20?,21?,22?,23?,24?,25?,26?,27?,28-,29?,30+,31?. The molecule has 18 atom stereocenters. The molecule has 0 aromatic rings. The molecule has 0 amide bonds. The molecular weight excluding hydrogens is 372 g/mol. The zero-order chi connectivity index (χ0) is 23.1. The highest BCUT2D eigenvalue weighted by atomic mass is 14.6. The Bertz CT molecular complexity index is 530. The van der Waals surface area contributed by atoms with Gasteiger partial charge in [0, 0.05) is 0 Å². The van der Waals surface area contributed by atoms with Crippen LogP contribution in [0.1, 0.15) is 89.5 Å². The van der Waals surface area contributed by atoms with Crippen LogP contribution in [0.4, 0.5) is 0 Å². The second kappa shape index (κ2) is 8.34. The molecular formula is C31H56. The SMILES string of the molecule is CC1C(C)C(C)[C@@H]2C(C)C(CC3C(C)C4C(C)C(C)C(C)C(C)[C@H]4C3C)C(C)C2C1C. The topological polar surface area (TPSA) is 0 Å². The fourth-order valence-electron chi connectivity index (χ4n) is 11.3. The van der Waals surface area contributed by atoms with Gasteiger partial charge in [-0.1, -0.05) is 83.1 Å². The van der Waals surface area contributed by atoms with Crippen LogP contribution in [-0.2, 0) is 0 Å². The Morgan fingerprint density at radius 3 is 0.645 bits per heavy atom. The smallest absolute Gasteiger partial charge is 0.0324 e. The number of hydrogen-bond donors (Lipinski definition) is 0. The summed E-state index contributed by atoms with van der Waals surface area (Å²) in [5.41, 5.74) is 0. The monoisotopic (exact) mass is 428 g/mol. The molecule has 4 rings (SSSR count). The van der Waals surface area contributed by atoms with E-state index in [2.05, 4.69) is 83.1 Å². The molecule has 0 heteroatoms. The van der Waals surface area contributed by atoms with Crippen molar-refractivity contribution in [2.75, 3.05) is 0 Å². The minimum absolute atomic E-state index is 0.890. The van der Waals surface area contributed by atoms with Crippen LogP contribution in [0.25, 0.3) is 0 Å². The van der Waals surface area contributed by atoms with E-state index in [4.69, 9.17) is 0 Å². The first kappa shape index (κ1) is 24.1. The minimum atomic E-state index is 0.890. The van der Waals surface area contributed by atoms with Gasteiger partial charge in [0.05, 0.1) is 0 Å². The van der Waals surface area contributed by atoms with Crippen LogP contribution in [0.15, 0.2) is 0 Å². The molecule has 0 spiro atoms. The first-order valence-electron chi connectivity index (χ1n) is 14.4. The fourth-order valence-corrected chi connectivity index (χ4v) is 11.3. The molecule has 4 fully saturated rings. The molecule has 4 aliphatic carbocycles. The van der Waals surface area contributed by atoms with E-state index < -0.39 is 0 Å². The van der Waals surface area contributed by atoms with E-state index in [1.165, 1.54) is 6.42 Å². The van der Waals surface area contributed by atoms with Crippen molar-refractivity contribution in [3.63, 3.8) is 0 Å². The minimum Gasteiger partial charge on any atom is -0.0620 e. The van der Waals surface area contributed by atoms with Crippen LogP contribution in [0.2, 0.25) is 0 Å². The molecule has 0 aromatic heterocycles. The normalized spacial score (nSPS) is 64.3. The summed E-state index contributed by atoms with van der Waals surface area (Å²) >= 11 is 0. The maximum absolute atomic E-state index is 2.67. The lowest BCUT2D eigenvalue weighted by atomic mass is 9.57. The molecule has 31 heavy (non-hydrogen) atoms. The number of rotatable bonds is 2. The van der Waals surface area contributed by atoms with Gasteiger partial charge in [0.1, 0.15) is 0 Å². The van der Waals surface area contributed by atoms with Crippen molar-refractivity contribution in [1.29, 1.82) is 0 Å². The Hall–Kier alpha value is 0. The summed E-state index contributed by atoms with van der Waals surface area (Å²) in [6.45, 7) is 31.4. The first-order chi connectivity index (χ1) is 14.4. The average Bonchev–Trinajstić information content (AvgIpc) is 3.13. The van der Waals surface area contributed by atoms with Gasteiger partial charge in [-0.15, -0.1) is 0 Å². The summed E-state index contributed by atoms with van der Waals surface area (Å²) in [6, 6.07) is 0. The van der Waals surface area contributed by atoms with Crippen molar-refractivity contribution in [1.82, 2.24) is 0 Å². The van der Waals surface area contributed by atoms with E-state index in [1.807, 2.05) is 0 Å². The Balaban J connectivity index is 1.58. The summed E-state index contributed by atoms with van der Waals surface area (Å²) in [7, 11) is 0. The van der Waals surface area contributed by atoms with E-state index in [9.17, 15) is 0 Å². The number of fused-ring (bicyclic) bond motifs is 2. The predicted octanol–water partition coefficient (Wildman–Crippen LogP) is 8.76. The maximum atomic E-state index is 2.67. The average molecular weight is 429 g/mol. The van der Waals surface area contributed by atoms with Crippen molar-refractivity contribution >= 4 is 0 Å². The van der Waals surface area contributed by atoms with Gasteiger partial charge in [-0.3, -0.25) is 0 Å². The van der Waals surface area contributed by atoms with E-state index in [0.717, 1.165) is 107 Å². The van der Waals surface area contributed by atoms with Crippen LogP contribution < -0.4 is 0 Å². The third-order valence-electron chi connectivity index (χ3n) is 14.0. The molecule has 4 aliphatic rings. The summed E-state index contributed by atoms with van der Waals surface area (Å²) in [4.78, 5) is 0. The van der Waals surface area contributed by atoms with Crippen molar-refractivity contribution in [3.8, 4) is 0 Å². The van der Waals surface area contributed by atoms with Crippen LogP contribution in [0.3, 0.4) is 0 Å². The van der Waals surface area contributed by atoms with Gasteiger partial charge in [-0.25, -0.2) is 0 Å². The molecule has 0 heterocycles. The lowest BCUT2D eigenvalue weighted by Crippen LogP contribution is -2.42. The van der Waals surface area contributed by atoms with E-state index >= 15 is 0 Å². The lowest BCUT2D eigenvalue weighted by molar-refractivity contribution is 0.00237. The number of hydrogen-bond acceptors (Lipinski definition) is 0. The highest BCUT2D eigenvalue weighted by Gasteiger charge is 2.59. The highest BCUT2D eigenvalue weighted by molar-refractivity contribution is 5.07. The van der Waals surface area contributed by atoms with Gasteiger partial charge in [-0.05, 0) is 113 Å². The van der Waals surface area contributed by atoms with Crippen molar-refractivity contribution in [2.24, 2.45) is 107 Å². The molecule has 0 bridgehead atoms. The third kappa shape index (κ3) is 3.33. The summed E-state index contributed by atoms with van der Waals surface area (Å²) < 4.78 is 0. The second-order valence-corrected chi connectivity index (χ2v) is 14.2. The molecule has 0 aromatic carbocycles. The predicted molar refractivity (Wildman–Crippen MR) is 136 cm³/mol. The zero-order valence-electron chi connectivity index (χ0n) is 23.1. The fraction of sp³-hybridized carbons (Fsp3) is 1.00. The van der Waals surface area contributed by atoms with Crippen molar-refractivity contribution < 1.29 is 0 Å². The Morgan fingerprint density at radius 1 is 0.258 bits per heavy atom. The van der Waals surface area contributed by atoms with Gasteiger partial charge in [0.2, 0.25) is 0 Å². The van der Waals surface area contributed by atoms with Crippen molar-refractivity contribution in [3.05, 3.63) is 0 Å². The first-order valence-corrected chi connectivity index (χ1v) is 14.4. The lowest BCUT2D eigenvalue weighted by Gasteiger charge is -2.48. The molecule has 0 radical (unpaired) electrons. The molecule has 180 valence electrons. The van der Waals surface area contributed by atoms with Gasteiger partial charge in [0.25, 0.3) is 0 Å². The van der Waals surface area contributed by atoms with Gasteiger partial charge in [0.15, 0.2) is 0 Å².